The average Bonchev–Trinajstić information content (AvgIpc) is 2.60. The molecular weight excluding hydrogens is 210 g/mol. The van der Waals surface area contributed by atoms with Gasteiger partial charge in [-0.3, -0.25) is 0 Å². The fourth-order valence-corrected chi connectivity index (χ4v) is 2.15. The number of aryl methyl sites for hydroxylation is 1. The Morgan fingerprint density at radius 1 is 1.29 bits per heavy atom. The Kier molecular flexibility index (Phi) is 3.05. The van der Waals surface area contributed by atoms with Crippen LogP contribution < -0.4 is 0 Å². The summed E-state index contributed by atoms with van der Waals surface area (Å²) in [7, 11) is 0. The first kappa shape index (κ1) is 11.9. The lowest BCUT2D eigenvalue weighted by Gasteiger charge is -2.17. The molecule has 17 heavy (non-hydrogen) atoms. The van der Waals surface area contributed by atoms with Crippen molar-refractivity contribution in [3.63, 3.8) is 0 Å². The molecule has 1 aromatic rings. The van der Waals surface area contributed by atoms with Gasteiger partial charge in [0.25, 0.3) is 0 Å². The Labute approximate surface area is 103 Å². The van der Waals surface area contributed by atoms with Gasteiger partial charge in [-0.15, -0.1) is 0 Å². The molecule has 1 aliphatic rings. The van der Waals surface area contributed by atoms with Gasteiger partial charge in [-0.1, -0.05) is 40.6 Å². The van der Waals surface area contributed by atoms with Crippen molar-refractivity contribution in [1.82, 2.24) is 0 Å². The summed E-state index contributed by atoms with van der Waals surface area (Å²) in [6, 6.07) is 8.42. The Bertz CT molecular complexity index is 466. The molecule has 0 bridgehead atoms. The minimum atomic E-state index is -0.279. The maximum absolute atomic E-state index is 5.56. The van der Waals surface area contributed by atoms with Crippen molar-refractivity contribution in [1.29, 1.82) is 0 Å². The van der Waals surface area contributed by atoms with Crippen LogP contribution in [0.25, 0.3) is 0 Å². The Balaban J connectivity index is 2.17. The highest BCUT2D eigenvalue weighted by Crippen LogP contribution is 2.28. The first-order valence-corrected chi connectivity index (χ1v) is 5.97. The molecule has 2 heteroatoms. The SMILES string of the molecule is CC(C)=CC1(C)CC(c2ccc(C)cc2)=NO1. The van der Waals surface area contributed by atoms with Gasteiger partial charge >= 0.3 is 0 Å². The Hall–Kier alpha value is -1.57. The molecule has 0 radical (unpaired) electrons. The third kappa shape index (κ3) is 2.76. The van der Waals surface area contributed by atoms with Crippen LogP contribution in [0.1, 0.15) is 38.3 Å². The van der Waals surface area contributed by atoms with Gasteiger partial charge in [-0.2, -0.15) is 0 Å². The van der Waals surface area contributed by atoms with Gasteiger partial charge in [-0.05, 0) is 39.3 Å². The quantitative estimate of drug-likeness (QED) is 0.706. The molecule has 0 saturated heterocycles. The third-order valence-electron chi connectivity index (χ3n) is 2.86. The first-order chi connectivity index (χ1) is 7.98. The van der Waals surface area contributed by atoms with Gasteiger partial charge in [0.05, 0.1) is 5.71 Å². The highest BCUT2D eigenvalue weighted by molar-refractivity contribution is 6.01. The van der Waals surface area contributed by atoms with E-state index in [0.717, 1.165) is 17.7 Å². The molecule has 0 fully saturated rings. The topological polar surface area (TPSA) is 21.6 Å². The second-order valence-corrected chi connectivity index (χ2v) is 5.21. The largest absolute Gasteiger partial charge is 0.385 e. The number of hydrogen-bond donors (Lipinski definition) is 0. The molecule has 0 aromatic heterocycles. The summed E-state index contributed by atoms with van der Waals surface area (Å²) < 4.78 is 0. The first-order valence-electron chi connectivity index (χ1n) is 5.97. The van der Waals surface area contributed by atoms with Crippen LogP contribution in [0.3, 0.4) is 0 Å². The Morgan fingerprint density at radius 3 is 2.53 bits per heavy atom. The van der Waals surface area contributed by atoms with E-state index in [1.165, 1.54) is 11.1 Å². The van der Waals surface area contributed by atoms with E-state index in [1.807, 2.05) is 0 Å². The Morgan fingerprint density at radius 2 is 1.94 bits per heavy atom. The number of nitrogens with zero attached hydrogens (tertiary/aromatic N) is 1. The minimum Gasteiger partial charge on any atom is -0.385 e. The van der Waals surface area contributed by atoms with Gasteiger partial charge in [0, 0.05) is 6.42 Å². The number of allylic oxidation sites excluding steroid dienone is 1. The summed E-state index contributed by atoms with van der Waals surface area (Å²) in [5, 5.41) is 4.21. The lowest BCUT2D eigenvalue weighted by Crippen LogP contribution is -2.22. The lowest BCUT2D eigenvalue weighted by molar-refractivity contribution is 0.0357. The molecule has 1 aliphatic heterocycles. The molecule has 0 aliphatic carbocycles. The minimum absolute atomic E-state index is 0.279. The molecule has 0 amide bonds. The molecule has 1 atom stereocenters. The maximum Gasteiger partial charge on any atom is 0.158 e. The van der Waals surface area contributed by atoms with Crippen molar-refractivity contribution in [2.45, 2.75) is 39.7 Å². The van der Waals surface area contributed by atoms with E-state index >= 15 is 0 Å². The van der Waals surface area contributed by atoms with Crippen molar-refractivity contribution in [2.24, 2.45) is 5.16 Å². The van der Waals surface area contributed by atoms with E-state index in [9.17, 15) is 0 Å². The van der Waals surface area contributed by atoms with Crippen LogP contribution in [0, 0.1) is 6.92 Å². The number of hydrogen-bond acceptors (Lipinski definition) is 2. The van der Waals surface area contributed by atoms with Gasteiger partial charge < -0.3 is 4.84 Å². The lowest BCUT2D eigenvalue weighted by atomic mass is 9.94. The number of benzene rings is 1. The van der Waals surface area contributed by atoms with E-state index in [0.29, 0.717) is 0 Å². The monoisotopic (exact) mass is 229 g/mol. The van der Waals surface area contributed by atoms with Crippen LogP contribution in [0.2, 0.25) is 0 Å². The predicted octanol–water partition coefficient (Wildman–Crippen LogP) is 3.84. The molecule has 0 saturated carbocycles. The molecule has 1 heterocycles. The normalized spacial score (nSPS) is 22.9. The van der Waals surface area contributed by atoms with Crippen molar-refractivity contribution in [2.75, 3.05) is 0 Å². The fourth-order valence-electron chi connectivity index (χ4n) is 2.15. The zero-order valence-corrected chi connectivity index (χ0v) is 10.9. The molecular formula is C15H19NO. The second kappa shape index (κ2) is 4.36. The van der Waals surface area contributed by atoms with Gasteiger partial charge in [0.1, 0.15) is 0 Å². The van der Waals surface area contributed by atoms with Crippen molar-refractivity contribution in [3.05, 3.63) is 47.0 Å². The fraction of sp³-hybridized carbons (Fsp3) is 0.400. The summed E-state index contributed by atoms with van der Waals surface area (Å²) in [6.45, 7) is 8.33. The number of oxime groups is 1. The van der Waals surface area contributed by atoms with Crippen molar-refractivity contribution >= 4 is 5.71 Å². The number of rotatable bonds is 2. The molecule has 2 rings (SSSR count). The highest BCUT2D eigenvalue weighted by Gasteiger charge is 2.32. The zero-order valence-electron chi connectivity index (χ0n) is 10.9. The summed E-state index contributed by atoms with van der Waals surface area (Å²) in [6.07, 6.45) is 2.97. The van der Waals surface area contributed by atoms with Gasteiger partial charge in [-0.25, -0.2) is 0 Å². The summed E-state index contributed by atoms with van der Waals surface area (Å²) >= 11 is 0. The highest BCUT2D eigenvalue weighted by atomic mass is 16.7. The van der Waals surface area contributed by atoms with E-state index in [-0.39, 0.29) is 5.60 Å². The van der Waals surface area contributed by atoms with Crippen LogP contribution in [0.15, 0.2) is 41.1 Å². The average molecular weight is 229 g/mol. The molecule has 0 spiro atoms. The molecule has 90 valence electrons. The van der Waals surface area contributed by atoms with E-state index in [1.54, 1.807) is 0 Å². The van der Waals surface area contributed by atoms with Crippen molar-refractivity contribution in [3.8, 4) is 0 Å². The molecule has 1 aromatic carbocycles. The van der Waals surface area contributed by atoms with Crippen LogP contribution in [0.4, 0.5) is 0 Å². The van der Waals surface area contributed by atoms with E-state index in [4.69, 9.17) is 4.84 Å². The van der Waals surface area contributed by atoms with Gasteiger partial charge in [0.2, 0.25) is 0 Å². The maximum atomic E-state index is 5.56. The molecule has 2 nitrogen and oxygen atoms in total. The summed E-state index contributed by atoms with van der Waals surface area (Å²) in [5.74, 6) is 0. The zero-order chi connectivity index (χ0) is 12.5. The predicted molar refractivity (Wildman–Crippen MR) is 71.3 cm³/mol. The van der Waals surface area contributed by atoms with E-state index < -0.39 is 0 Å². The van der Waals surface area contributed by atoms with Crippen LogP contribution in [-0.4, -0.2) is 11.3 Å². The summed E-state index contributed by atoms with van der Waals surface area (Å²) in [4.78, 5) is 5.56. The standard InChI is InChI=1S/C15H19NO/c1-11(2)9-15(4)10-14(16-17-15)13-7-5-12(3)6-8-13/h5-9H,10H2,1-4H3. The third-order valence-corrected chi connectivity index (χ3v) is 2.86. The van der Waals surface area contributed by atoms with Gasteiger partial charge in [0.15, 0.2) is 5.60 Å². The second-order valence-electron chi connectivity index (χ2n) is 5.21. The van der Waals surface area contributed by atoms with Crippen LogP contribution >= 0.6 is 0 Å². The van der Waals surface area contributed by atoms with Crippen molar-refractivity contribution < 1.29 is 4.84 Å². The van der Waals surface area contributed by atoms with Crippen LogP contribution in [-0.2, 0) is 4.84 Å². The van der Waals surface area contributed by atoms with E-state index in [2.05, 4.69) is 63.2 Å². The van der Waals surface area contributed by atoms with Crippen LogP contribution in [0.5, 0.6) is 0 Å². The smallest absolute Gasteiger partial charge is 0.158 e. The summed E-state index contributed by atoms with van der Waals surface area (Å²) in [5.41, 5.74) is 4.43. The molecule has 0 N–H and O–H groups in total. The molecule has 1 unspecified atom stereocenters.